The molecule has 0 radical (unpaired) electrons. The van der Waals surface area contributed by atoms with Gasteiger partial charge in [0.15, 0.2) is 0 Å². The highest BCUT2D eigenvalue weighted by Crippen LogP contribution is 2.49. The van der Waals surface area contributed by atoms with Gasteiger partial charge in [-0.2, -0.15) is 0 Å². The summed E-state index contributed by atoms with van der Waals surface area (Å²) in [5.41, 5.74) is 5.96. The van der Waals surface area contributed by atoms with Gasteiger partial charge in [-0.15, -0.1) is 11.3 Å². The lowest BCUT2D eigenvalue weighted by Crippen LogP contribution is -1.91. The third-order valence-electron chi connectivity index (χ3n) is 8.32. The van der Waals surface area contributed by atoms with Crippen LogP contribution < -0.4 is 0 Å². The normalized spacial score (nSPS) is 12.0. The summed E-state index contributed by atoms with van der Waals surface area (Å²) in [6.45, 7) is 0. The van der Waals surface area contributed by atoms with Crippen molar-refractivity contribution in [1.82, 2.24) is 0 Å². The highest BCUT2D eigenvalue weighted by Gasteiger charge is 2.21. The van der Waals surface area contributed by atoms with Gasteiger partial charge in [0, 0.05) is 31.1 Å². The first-order valence-electron chi connectivity index (χ1n) is 13.6. The number of fused-ring (bicyclic) bond motifs is 8. The van der Waals surface area contributed by atoms with Crippen LogP contribution in [0.4, 0.5) is 0 Å². The fraction of sp³-hybridized carbons (Fsp3) is 0. The van der Waals surface area contributed by atoms with Gasteiger partial charge in [0.25, 0.3) is 0 Å². The van der Waals surface area contributed by atoms with Gasteiger partial charge < -0.3 is 4.42 Å². The van der Waals surface area contributed by atoms with E-state index in [4.69, 9.17) is 4.42 Å². The highest BCUT2D eigenvalue weighted by atomic mass is 32.1. The van der Waals surface area contributed by atoms with Crippen LogP contribution in [0.3, 0.4) is 0 Å². The summed E-state index contributed by atoms with van der Waals surface area (Å²) in [6.07, 6.45) is 1.82. The van der Waals surface area contributed by atoms with Gasteiger partial charge in [-0.1, -0.05) is 103 Å². The fourth-order valence-corrected chi connectivity index (χ4v) is 7.84. The van der Waals surface area contributed by atoms with Gasteiger partial charge in [-0.05, 0) is 73.3 Å². The summed E-state index contributed by atoms with van der Waals surface area (Å²) in [4.78, 5) is 0. The lowest BCUT2D eigenvalue weighted by molar-refractivity contribution is 0.616. The maximum absolute atomic E-state index is 6.07. The van der Waals surface area contributed by atoms with E-state index < -0.39 is 0 Å². The maximum Gasteiger partial charge on any atom is 0.135 e. The molecule has 0 aliphatic carbocycles. The largest absolute Gasteiger partial charge is 0.464 e. The van der Waals surface area contributed by atoms with E-state index in [2.05, 4.69) is 127 Å². The first-order valence-corrected chi connectivity index (χ1v) is 14.4. The minimum Gasteiger partial charge on any atom is -0.464 e. The maximum atomic E-state index is 6.07. The average Bonchev–Trinajstić information content (AvgIpc) is 3.64. The molecule has 7 aromatic carbocycles. The summed E-state index contributed by atoms with van der Waals surface area (Å²) in [6, 6.07) is 46.4. The molecule has 0 aliphatic rings. The fourth-order valence-electron chi connectivity index (χ4n) is 6.60. The number of rotatable bonds is 2. The van der Waals surface area contributed by atoms with Crippen molar-refractivity contribution in [3.05, 3.63) is 134 Å². The van der Waals surface area contributed by atoms with Gasteiger partial charge in [0.2, 0.25) is 0 Å². The van der Waals surface area contributed by atoms with E-state index >= 15 is 0 Å². The number of thiophene rings is 1. The molecule has 0 saturated heterocycles. The lowest BCUT2D eigenvalue weighted by Gasteiger charge is -2.18. The van der Waals surface area contributed by atoms with E-state index in [0.717, 1.165) is 5.58 Å². The molecule has 186 valence electrons. The van der Waals surface area contributed by atoms with Gasteiger partial charge in [-0.25, -0.2) is 0 Å². The molecule has 0 aliphatic heterocycles. The second kappa shape index (κ2) is 8.29. The van der Waals surface area contributed by atoms with Crippen LogP contribution in [0.1, 0.15) is 0 Å². The minimum absolute atomic E-state index is 0.929. The molecule has 9 aromatic rings. The number of hydrogen-bond donors (Lipinski definition) is 0. The first-order chi connectivity index (χ1) is 19.8. The predicted molar refractivity (Wildman–Crippen MR) is 172 cm³/mol. The van der Waals surface area contributed by atoms with Crippen molar-refractivity contribution >= 4 is 74.8 Å². The van der Waals surface area contributed by atoms with Gasteiger partial charge in [0.05, 0.1) is 6.26 Å². The average molecular weight is 527 g/mol. The molecule has 0 unspecified atom stereocenters. The van der Waals surface area contributed by atoms with Gasteiger partial charge in [0.1, 0.15) is 5.58 Å². The Kier molecular flexibility index (Phi) is 4.55. The second-order valence-electron chi connectivity index (χ2n) is 10.5. The molecule has 9 rings (SSSR count). The summed E-state index contributed by atoms with van der Waals surface area (Å²) in [5, 5.41) is 11.3. The Balaban J connectivity index is 1.47. The van der Waals surface area contributed by atoms with Crippen LogP contribution in [-0.2, 0) is 0 Å². The summed E-state index contributed by atoms with van der Waals surface area (Å²) in [7, 11) is 0. The number of benzene rings is 7. The molecule has 0 spiro atoms. The van der Waals surface area contributed by atoms with Crippen LogP contribution in [0.5, 0.6) is 0 Å². The van der Waals surface area contributed by atoms with Gasteiger partial charge in [-0.3, -0.25) is 0 Å². The standard InChI is InChI=1S/C38H22OS/c1-2-10-24-21-25(18-17-23(24)9-1)35-26-11-3-5-13-28(26)36(29-14-6-4-12-27(29)35)32-22-33-30(19-20-39-33)37-31-15-7-8-16-34(31)40-38(32)37/h1-22H. The molecule has 1 nitrogen and oxygen atoms in total. The van der Waals surface area contributed by atoms with Crippen molar-refractivity contribution in [3.63, 3.8) is 0 Å². The van der Waals surface area contributed by atoms with Crippen molar-refractivity contribution in [2.24, 2.45) is 0 Å². The Hall–Kier alpha value is -4.92. The molecule has 0 amide bonds. The Labute approximate surface area is 234 Å². The number of furan rings is 1. The van der Waals surface area contributed by atoms with Crippen molar-refractivity contribution in [2.45, 2.75) is 0 Å². The zero-order valence-corrected chi connectivity index (χ0v) is 22.3. The molecule has 40 heavy (non-hydrogen) atoms. The van der Waals surface area contributed by atoms with E-state index in [0.29, 0.717) is 0 Å². The van der Waals surface area contributed by atoms with Crippen molar-refractivity contribution in [2.75, 3.05) is 0 Å². The quantitative estimate of drug-likeness (QED) is 0.204. The first kappa shape index (κ1) is 22.0. The minimum atomic E-state index is 0.929. The smallest absolute Gasteiger partial charge is 0.135 e. The summed E-state index contributed by atoms with van der Waals surface area (Å²) in [5.74, 6) is 0. The Bertz CT molecular complexity index is 2380. The molecule has 0 saturated carbocycles. The summed E-state index contributed by atoms with van der Waals surface area (Å²) >= 11 is 1.88. The van der Waals surface area contributed by atoms with E-state index in [1.54, 1.807) is 0 Å². The topological polar surface area (TPSA) is 13.1 Å². The third-order valence-corrected chi connectivity index (χ3v) is 9.52. The Morgan fingerprint density at radius 3 is 1.85 bits per heavy atom. The van der Waals surface area contributed by atoms with Gasteiger partial charge >= 0.3 is 0 Å². The van der Waals surface area contributed by atoms with Crippen molar-refractivity contribution < 1.29 is 4.42 Å². The second-order valence-corrected chi connectivity index (χ2v) is 11.5. The highest BCUT2D eigenvalue weighted by molar-refractivity contribution is 7.26. The molecule has 2 aromatic heterocycles. The zero-order valence-electron chi connectivity index (χ0n) is 21.5. The molecule has 0 N–H and O–H groups in total. The number of hydrogen-bond acceptors (Lipinski definition) is 2. The van der Waals surface area contributed by atoms with Crippen molar-refractivity contribution in [1.29, 1.82) is 0 Å². The van der Waals surface area contributed by atoms with Crippen LogP contribution in [0.2, 0.25) is 0 Å². The van der Waals surface area contributed by atoms with Crippen molar-refractivity contribution in [3.8, 4) is 22.3 Å². The molecule has 2 heteroatoms. The van der Waals surface area contributed by atoms with Crippen LogP contribution >= 0.6 is 11.3 Å². The SMILES string of the molecule is c1ccc2cc(-c3c4ccccc4c(-c4cc5occc5c5c4sc4ccccc45)c4ccccc34)ccc2c1. The molecular formula is C38H22OS. The molecule has 0 bridgehead atoms. The van der Waals surface area contributed by atoms with E-state index in [1.807, 2.05) is 17.6 Å². The molecule has 0 fully saturated rings. The van der Waals surface area contributed by atoms with E-state index in [-0.39, 0.29) is 0 Å². The molecule has 0 atom stereocenters. The third kappa shape index (κ3) is 3.03. The Morgan fingerprint density at radius 2 is 1.10 bits per heavy atom. The Morgan fingerprint density at radius 1 is 0.475 bits per heavy atom. The monoisotopic (exact) mass is 526 g/mol. The molecule has 2 heterocycles. The summed E-state index contributed by atoms with van der Waals surface area (Å²) < 4.78 is 8.68. The van der Waals surface area contributed by atoms with Crippen LogP contribution in [0, 0.1) is 0 Å². The van der Waals surface area contributed by atoms with Crippen LogP contribution in [0.25, 0.3) is 85.7 Å². The lowest BCUT2D eigenvalue weighted by atomic mass is 9.85. The molecular weight excluding hydrogens is 504 g/mol. The van der Waals surface area contributed by atoms with Crippen LogP contribution in [0.15, 0.2) is 138 Å². The van der Waals surface area contributed by atoms with E-state index in [9.17, 15) is 0 Å². The zero-order chi connectivity index (χ0) is 26.2. The predicted octanol–water partition coefficient (Wildman–Crippen LogP) is 11.6. The van der Waals surface area contributed by atoms with Crippen LogP contribution in [-0.4, -0.2) is 0 Å². The van der Waals surface area contributed by atoms with E-state index in [1.165, 1.54) is 80.1 Å².